The van der Waals surface area contributed by atoms with Gasteiger partial charge in [-0.15, -0.1) is 0 Å². The number of carbonyl (C=O) groups excluding carboxylic acids is 1. The molecule has 0 aromatic carbocycles. The van der Waals surface area contributed by atoms with Crippen LogP contribution >= 0.6 is 0 Å². The van der Waals surface area contributed by atoms with Gasteiger partial charge in [0.05, 0.1) is 17.3 Å². The van der Waals surface area contributed by atoms with Gasteiger partial charge in [-0.2, -0.15) is 5.10 Å². The Bertz CT molecular complexity index is 339. The van der Waals surface area contributed by atoms with Gasteiger partial charge in [-0.05, 0) is 19.8 Å². The zero-order valence-corrected chi connectivity index (χ0v) is 9.66. The fourth-order valence-electron chi connectivity index (χ4n) is 1.51. The smallest absolute Gasteiger partial charge is 0.185 e. The number of aryl methyl sites for hydroxylation is 1. The Balaban J connectivity index is 2.93. The van der Waals surface area contributed by atoms with Crippen molar-refractivity contribution in [2.75, 3.05) is 0 Å². The maximum Gasteiger partial charge on any atom is 0.185 e. The Labute approximate surface area is 90.5 Å². The number of nitrogens with two attached hydrogens (primary N) is 1. The molecular weight excluding hydrogens is 190 g/mol. The molecule has 84 valence electrons. The molecule has 0 radical (unpaired) electrons. The van der Waals surface area contributed by atoms with Crippen molar-refractivity contribution in [1.29, 1.82) is 0 Å². The van der Waals surface area contributed by atoms with Gasteiger partial charge in [0.2, 0.25) is 0 Å². The van der Waals surface area contributed by atoms with Crippen molar-refractivity contribution in [2.45, 2.75) is 45.7 Å². The van der Waals surface area contributed by atoms with E-state index in [1.165, 1.54) is 0 Å². The van der Waals surface area contributed by atoms with Gasteiger partial charge in [-0.1, -0.05) is 13.8 Å². The lowest BCUT2D eigenvalue weighted by Gasteiger charge is -2.23. The minimum atomic E-state index is -0.735. The van der Waals surface area contributed by atoms with Crippen molar-refractivity contribution in [2.24, 2.45) is 5.73 Å². The summed E-state index contributed by atoms with van der Waals surface area (Å²) in [5, 5.41) is 4.08. The first-order valence-corrected chi connectivity index (χ1v) is 5.43. The second-order valence-electron chi connectivity index (χ2n) is 3.78. The molecule has 2 N–H and O–H groups in total. The number of hydrogen-bond donors (Lipinski definition) is 1. The molecule has 1 aromatic rings. The zero-order valence-electron chi connectivity index (χ0n) is 9.66. The van der Waals surface area contributed by atoms with E-state index in [4.69, 9.17) is 5.73 Å². The third-order valence-corrected chi connectivity index (χ3v) is 2.93. The van der Waals surface area contributed by atoms with Crippen LogP contribution in [0.25, 0.3) is 0 Å². The number of nitrogens with zero attached hydrogens (tertiary/aromatic N) is 2. The van der Waals surface area contributed by atoms with Gasteiger partial charge >= 0.3 is 0 Å². The molecule has 0 bridgehead atoms. The topological polar surface area (TPSA) is 60.9 Å². The summed E-state index contributed by atoms with van der Waals surface area (Å²) in [6, 6.07) is 0. The van der Waals surface area contributed by atoms with Gasteiger partial charge < -0.3 is 5.73 Å². The first-order valence-electron chi connectivity index (χ1n) is 5.43. The van der Waals surface area contributed by atoms with Crippen molar-refractivity contribution in [3.05, 3.63) is 18.0 Å². The Hall–Kier alpha value is -1.16. The summed E-state index contributed by atoms with van der Waals surface area (Å²) in [4.78, 5) is 12.1. The number of rotatable bonds is 5. The minimum absolute atomic E-state index is 0.00722. The lowest BCUT2D eigenvalue weighted by Crippen LogP contribution is -2.46. The van der Waals surface area contributed by atoms with Gasteiger partial charge in [0.1, 0.15) is 0 Å². The van der Waals surface area contributed by atoms with E-state index in [-0.39, 0.29) is 5.78 Å². The number of aromatic nitrogens is 2. The summed E-state index contributed by atoms with van der Waals surface area (Å²) in [5.41, 5.74) is 5.92. The quantitative estimate of drug-likeness (QED) is 0.749. The standard InChI is InChI=1S/C11H19N3O/c1-4-11(12,5-2)10(15)9-7-13-14(6-3)8-9/h7-8H,4-6,12H2,1-3H3. The van der Waals surface area contributed by atoms with E-state index in [2.05, 4.69) is 5.10 Å². The van der Waals surface area contributed by atoms with Crippen LogP contribution < -0.4 is 5.73 Å². The average molecular weight is 209 g/mol. The van der Waals surface area contributed by atoms with E-state index in [0.717, 1.165) is 6.54 Å². The largest absolute Gasteiger partial charge is 0.319 e. The van der Waals surface area contributed by atoms with Crippen LogP contribution in [-0.2, 0) is 6.54 Å². The lowest BCUT2D eigenvalue weighted by atomic mass is 9.86. The first kappa shape index (κ1) is 11.9. The normalized spacial score (nSPS) is 11.7. The molecule has 15 heavy (non-hydrogen) atoms. The maximum absolute atomic E-state index is 12.1. The molecule has 0 atom stereocenters. The highest BCUT2D eigenvalue weighted by Gasteiger charge is 2.31. The Morgan fingerprint density at radius 2 is 2.07 bits per heavy atom. The van der Waals surface area contributed by atoms with Gasteiger partial charge in [-0.25, -0.2) is 0 Å². The summed E-state index contributed by atoms with van der Waals surface area (Å²) in [7, 11) is 0. The number of ketones is 1. The van der Waals surface area contributed by atoms with Crippen LogP contribution in [0.5, 0.6) is 0 Å². The van der Waals surface area contributed by atoms with Crippen LogP contribution in [0.4, 0.5) is 0 Å². The monoisotopic (exact) mass is 209 g/mol. The highest BCUT2D eigenvalue weighted by molar-refractivity contribution is 6.02. The maximum atomic E-state index is 12.1. The Morgan fingerprint density at radius 1 is 1.47 bits per heavy atom. The summed E-state index contributed by atoms with van der Waals surface area (Å²) in [6.07, 6.45) is 4.66. The Morgan fingerprint density at radius 3 is 2.47 bits per heavy atom. The van der Waals surface area contributed by atoms with E-state index in [0.29, 0.717) is 18.4 Å². The minimum Gasteiger partial charge on any atom is -0.319 e. The number of hydrogen-bond acceptors (Lipinski definition) is 3. The molecule has 0 amide bonds. The molecule has 1 aromatic heterocycles. The van der Waals surface area contributed by atoms with E-state index < -0.39 is 5.54 Å². The fourth-order valence-corrected chi connectivity index (χ4v) is 1.51. The van der Waals surface area contributed by atoms with Crippen LogP contribution in [0, 0.1) is 0 Å². The van der Waals surface area contributed by atoms with Crippen LogP contribution in [0.3, 0.4) is 0 Å². The third-order valence-electron chi connectivity index (χ3n) is 2.93. The molecule has 4 nitrogen and oxygen atoms in total. The Kier molecular flexibility index (Phi) is 3.63. The van der Waals surface area contributed by atoms with E-state index in [1.54, 1.807) is 17.1 Å². The molecule has 0 aliphatic heterocycles. The third kappa shape index (κ3) is 2.26. The average Bonchev–Trinajstić information content (AvgIpc) is 2.75. The molecule has 0 unspecified atom stereocenters. The van der Waals surface area contributed by atoms with Crippen molar-refractivity contribution in [3.8, 4) is 0 Å². The molecule has 0 saturated heterocycles. The van der Waals surface area contributed by atoms with Gasteiger partial charge in [0.25, 0.3) is 0 Å². The molecule has 0 aliphatic carbocycles. The lowest BCUT2D eigenvalue weighted by molar-refractivity contribution is 0.0879. The van der Waals surface area contributed by atoms with Crippen molar-refractivity contribution in [1.82, 2.24) is 9.78 Å². The predicted molar refractivity (Wildman–Crippen MR) is 59.7 cm³/mol. The van der Waals surface area contributed by atoms with Gasteiger partial charge in [0.15, 0.2) is 5.78 Å². The molecular formula is C11H19N3O. The fraction of sp³-hybridized carbons (Fsp3) is 0.636. The van der Waals surface area contributed by atoms with Crippen molar-refractivity contribution >= 4 is 5.78 Å². The van der Waals surface area contributed by atoms with Crippen LogP contribution in [0.2, 0.25) is 0 Å². The molecule has 0 saturated carbocycles. The molecule has 1 rings (SSSR count). The number of carbonyl (C=O) groups is 1. The highest BCUT2D eigenvalue weighted by Crippen LogP contribution is 2.17. The van der Waals surface area contributed by atoms with E-state index in [9.17, 15) is 4.79 Å². The van der Waals surface area contributed by atoms with Crippen molar-refractivity contribution < 1.29 is 4.79 Å². The highest BCUT2D eigenvalue weighted by atomic mass is 16.1. The van der Waals surface area contributed by atoms with Gasteiger partial charge in [-0.3, -0.25) is 9.48 Å². The molecule has 0 fully saturated rings. The predicted octanol–water partition coefficient (Wildman–Crippen LogP) is 1.60. The summed E-state index contributed by atoms with van der Waals surface area (Å²) in [6.45, 7) is 6.62. The van der Waals surface area contributed by atoms with Crippen LogP contribution in [0.1, 0.15) is 44.0 Å². The summed E-state index contributed by atoms with van der Waals surface area (Å²) < 4.78 is 1.74. The van der Waals surface area contributed by atoms with Gasteiger partial charge in [0, 0.05) is 12.7 Å². The van der Waals surface area contributed by atoms with Crippen LogP contribution in [-0.4, -0.2) is 21.1 Å². The SMILES string of the molecule is CCn1cc(C(=O)C(N)(CC)CC)cn1. The molecule has 1 heterocycles. The van der Waals surface area contributed by atoms with E-state index in [1.807, 2.05) is 20.8 Å². The molecule has 0 aliphatic rings. The van der Waals surface area contributed by atoms with Crippen molar-refractivity contribution in [3.63, 3.8) is 0 Å². The zero-order chi connectivity index (χ0) is 11.5. The first-order chi connectivity index (χ1) is 7.07. The second-order valence-corrected chi connectivity index (χ2v) is 3.78. The molecule has 4 heteroatoms. The molecule has 0 spiro atoms. The second kappa shape index (κ2) is 4.57. The number of Topliss-reactive ketones (excluding diaryl/α,β-unsaturated/α-hetero) is 1. The van der Waals surface area contributed by atoms with E-state index >= 15 is 0 Å². The van der Waals surface area contributed by atoms with Crippen LogP contribution in [0.15, 0.2) is 12.4 Å². The summed E-state index contributed by atoms with van der Waals surface area (Å²) in [5.74, 6) is -0.00722. The summed E-state index contributed by atoms with van der Waals surface area (Å²) >= 11 is 0.